The maximum absolute atomic E-state index is 11.0. The largest absolute Gasteiger partial charge is 0.483 e. The highest BCUT2D eigenvalue weighted by Crippen LogP contribution is 2.41. The lowest BCUT2D eigenvalue weighted by molar-refractivity contribution is -0.385. The van der Waals surface area contributed by atoms with Gasteiger partial charge >= 0.3 is 5.69 Å². The molecule has 0 aliphatic heterocycles. The first-order chi connectivity index (χ1) is 8.09. The number of hydrogen-bond donors (Lipinski definition) is 1. The van der Waals surface area contributed by atoms with E-state index in [1.807, 2.05) is 0 Å². The second kappa shape index (κ2) is 4.91. The molecule has 17 heavy (non-hydrogen) atoms. The van der Waals surface area contributed by atoms with E-state index in [0.29, 0.717) is 4.47 Å². The molecule has 1 aliphatic rings. The van der Waals surface area contributed by atoms with Crippen LogP contribution in [0, 0.1) is 10.1 Å². The van der Waals surface area contributed by atoms with E-state index in [9.17, 15) is 10.1 Å². The van der Waals surface area contributed by atoms with E-state index in [4.69, 9.17) is 10.5 Å². The number of nitrogens with two attached hydrogens (primary N) is 1. The first-order valence-corrected chi connectivity index (χ1v) is 6.28. The Morgan fingerprint density at radius 3 is 2.65 bits per heavy atom. The molecule has 92 valence electrons. The van der Waals surface area contributed by atoms with Crippen molar-refractivity contribution in [2.45, 2.75) is 31.8 Å². The summed E-state index contributed by atoms with van der Waals surface area (Å²) < 4.78 is 6.29. The zero-order valence-corrected chi connectivity index (χ0v) is 10.8. The topological polar surface area (TPSA) is 78.4 Å². The molecule has 1 aliphatic carbocycles. The van der Waals surface area contributed by atoms with Gasteiger partial charge in [0.1, 0.15) is 5.69 Å². The molecule has 0 amide bonds. The summed E-state index contributed by atoms with van der Waals surface area (Å²) in [6, 6.07) is 3.18. The van der Waals surface area contributed by atoms with Crippen molar-refractivity contribution in [1.82, 2.24) is 0 Å². The van der Waals surface area contributed by atoms with Crippen molar-refractivity contribution in [2.75, 3.05) is 5.73 Å². The van der Waals surface area contributed by atoms with Crippen LogP contribution in [-0.4, -0.2) is 11.0 Å². The van der Waals surface area contributed by atoms with Crippen molar-refractivity contribution >= 4 is 27.3 Å². The van der Waals surface area contributed by atoms with Crippen LogP contribution in [0.25, 0.3) is 0 Å². The Kier molecular flexibility index (Phi) is 3.51. The fourth-order valence-electron chi connectivity index (χ4n) is 2.04. The second-order valence-electron chi connectivity index (χ2n) is 4.10. The number of anilines is 1. The van der Waals surface area contributed by atoms with E-state index in [1.54, 1.807) is 6.07 Å². The van der Waals surface area contributed by atoms with Gasteiger partial charge in [0.2, 0.25) is 5.75 Å². The van der Waals surface area contributed by atoms with E-state index >= 15 is 0 Å². The Labute approximate surface area is 107 Å². The Balaban J connectivity index is 2.36. The van der Waals surface area contributed by atoms with E-state index < -0.39 is 4.92 Å². The molecule has 0 aromatic heterocycles. The van der Waals surface area contributed by atoms with Crippen molar-refractivity contribution < 1.29 is 9.66 Å². The summed E-state index contributed by atoms with van der Waals surface area (Å²) in [5.41, 5.74) is 5.61. The number of rotatable bonds is 3. The lowest BCUT2D eigenvalue weighted by atomic mass is 10.2. The molecular weight excluding hydrogens is 288 g/mol. The molecule has 0 radical (unpaired) electrons. The van der Waals surface area contributed by atoms with Gasteiger partial charge in [0.25, 0.3) is 0 Å². The molecule has 0 bridgehead atoms. The fraction of sp³-hybridized carbons (Fsp3) is 0.455. The van der Waals surface area contributed by atoms with Crippen LogP contribution in [0.3, 0.4) is 0 Å². The number of hydrogen-bond acceptors (Lipinski definition) is 4. The number of nitro benzene ring substituents is 1. The van der Waals surface area contributed by atoms with Crippen LogP contribution < -0.4 is 10.5 Å². The summed E-state index contributed by atoms with van der Waals surface area (Å²) in [6.07, 6.45) is 4.17. The summed E-state index contributed by atoms with van der Waals surface area (Å²) in [6.45, 7) is 0. The maximum atomic E-state index is 11.0. The van der Waals surface area contributed by atoms with Gasteiger partial charge in [0.15, 0.2) is 0 Å². The SMILES string of the molecule is Nc1ccc(Br)c(OC2CCCC2)c1[N+](=O)[O-]. The lowest BCUT2D eigenvalue weighted by Crippen LogP contribution is -2.13. The van der Waals surface area contributed by atoms with Gasteiger partial charge < -0.3 is 10.5 Å². The minimum Gasteiger partial charge on any atom is -0.483 e. The van der Waals surface area contributed by atoms with E-state index in [1.165, 1.54) is 6.07 Å². The van der Waals surface area contributed by atoms with E-state index in [2.05, 4.69) is 15.9 Å². The van der Waals surface area contributed by atoms with Crippen LogP contribution in [-0.2, 0) is 0 Å². The summed E-state index contributed by atoms with van der Waals surface area (Å²) in [7, 11) is 0. The highest BCUT2D eigenvalue weighted by Gasteiger charge is 2.26. The average molecular weight is 301 g/mol. The monoisotopic (exact) mass is 300 g/mol. The van der Waals surface area contributed by atoms with Gasteiger partial charge in [0.05, 0.1) is 15.5 Å². The Morgan fingerprint density at radius 2 is 2.06 bits per heavy atom. The smallest absolute Gasteiger partial charge is 0.334 e. The lowest BCUT2D eigenvalue weighted by Gasteiger charge is -2.15. The van der Waals surface area contributed by atoms with Gasteiger partial charge in [0, 0.05) is 0 Å². The highest BCUT2D eigenvalue weighted by molar-refractivity contribution is 9.10. The first kappa shape index (κ1) is 12.2. The quantitative estimate of drug-likeness (QED) is 0.528. The van der Waals surface area contributed by atoms with Crippen molar-refractivity contribution in [3.05, 3.63) is 26.7 Å². The average Bonchev–Trinajstić information content (AvgIpc) is 2.76. The third-order valence-electron chi connectivity index (χ3n) is 2.88. The molecule has 0 unspecified atom stereocenters. The van der Waals surface area contributed by atoms with Gasteiger partial charge in [-0.2, -0.15) is 0 Å². The standard InChI is InChI=1S/C11H13BrN2O3/c12-8-5-6-9(13)10(14(15)16)11(8)17-7-3-1-2-4-7/h5-7H,1-4,13H2. The summed E-state index contributed by atoms with van der Waals surface area (Å²) in [4.78, 5) is 10.5. The molecule has 2 rings (SSSR count). The molecule has 2 N–H and O–H groups in total. The van der Waals surface area contributed by atoms with Gasteiger partial charge in [-0.1, -0.05) is 0 Å². The molecule has 5 nitrogen and oxygen atoms in total. The molecule has 0 spiro atoms. The molecule has 0 atom stereocenters. The van der Waals surface area contributed by atoms with E-state index in [0.717, 1.165) is 25.7 Å². The molecule has 1 fully saturated rings. The van der Waals surface area contributed by atoms with Gasteiger partial charge in [-0.05, 0) is 53.7 Å². The van der Waals surface area contributed by atoms with Crippen molar-refractivity contribution in [1.29, 1.82) is 0 Å². The minimum atomic E-state index is -0.496. The van der Waals surface area contributed by atoms with Gasteiger partial charge in [-0.3, -0.25) is 10.1 Å². The zero-order chi connectivity index (χ0) is 12.4. The Morgan fingerprint density at radius 1 is 1.41 bits per heavy atom. The predicted octanol–water partition coefficient (Wildman–Crippen LogP) is 3.26. The molecule has 0 saturated heterocycles. The summed E-state index contributed by atoms with van der Waals surface area (Å²) >= 11 is 3.27. The normalized spacial score (nSPS) is 16.1. The van der Waals surface area contributed by atoms with Crippen molar-refractivity contribution in [2.24, 2.45) is 0 Å². The molecule has 6 heteroatoms. The summed E-state index contributed by atoms with van der Waals surface area (Å²) in [5.74, 6) is 0.252. The predicted molar refractivity (Wildman–Crippen MR) is 68.1 cm³/mol. The Hall–Kier alpha value is -1.30. The number of nitrogens with zero attached hydrogens (tertiary/aromatic N) is 1. The van der Waals surface area contributed by atoms with Crippen molar-refractivity contribution in [3.8, 4) is 5.75 Å². The molecule has 1 saturated carbocycles. The molecule has 1 aromatic rings. The molecular formula is C11H13BrN2O3. The van der Waals surface area contributed by atoms with Crippen LogP contribution in [0.4, 0.5) is 11.4 Å². The van der Waals surface area contributed by atoms with Crippen molar-refractivity contribution in [3.63, 3.8) is 0 Å². The first-order valence-electron chi connectivity index (χ1n) is 5.48. The number of ether oxygens (including phenoxy) is 1. The fourth-order valence-corrected chi connectivity index (χ4v) is 2.45. The number of nitro groups is 1. The van der Waals surface area contributed by atoms with Gasteiger partial charge in [-0.15, -0.1) is 0 Å². The highest BCUT2D eigenvalue weighted by atomic mass is 79.9. The van der Waals surface area contributed by atoms with E-state index in [-0.39, 0.29) is 23.2 Å². The third-order valence-corrected chi connectivity index (χ3v) is 3.51. The van der Waals surface area contributed by atoms with Crippen LogP contribution in [0.15, 0.2) is 16.6 Å². The minimum absolute atomic E-state index is 0.0619. The van der Waals surface area contributed by atoms with Crippen LogP contribution in [0.2, 0.25) is 0 Å². The number of nitrogen functional groups attached to an aromatic ring is 1. The van der Waals surface area contributed by atoms with Crippen LogP contribution in [0.1, 0.15) is 25.7 Å². The Bertz CT molecular complexity index is 445. The molecule has 0 heterocycles. The third kappa shape index (κ3) is 2.52. The maximum Gasteiger partial charge on any atom is 0.334 e. The number of halogens is 1. The van der Waals surface area contributed by atoms with Crippen LogP contribution in [0.5, 0.6) is 5.75 Å². The number of benzene rings is 1. The second-order valence-corrected chi connectivity index (χ2v) is 4.95. The van der Waals surface area contributed by atoms with Gasteiger partial charge in [-0.25, -0.2) is 0 Å². The molecule has 1 aromatic carbocycles. The summed E-state index contributed by atoms with van der Waals surface area (Å²) in [5, 5.41) is 11.0. The van der Waals surface area contributed by atoms with Crippen LogP contribution >= 0.6 is 15.9 Å². The zero-order valence-electron chi connectivity index (χ0n) is 9.19.